The summed E-state index contributed by atoms with van der Waals surface area (Å²) < 4.78 is 5.41. The molecule has 26 heavy (non-hydrogen) atoms. The molecule has 0 aliphatic rings. The number of nitrogens with zero attached hydrogens (tertiary/aromatic N) is 3. The maximum absolute atomic E-state index is 12.1. The van der Waals surface area contributed by atoms with Gasteiger partial charge in [-0.2, -0.15) is 0 Å². The van der Waals surface area contributed by atoms with E-state index in [1.807, 2.05) is 27.7 Å². The minimum Gasteiger partial charge on any atom is -0.444 e. The van der Waals surface area contributed by atoms with Gasteiger partial charge in [-0.15, -0.1) is 11.3 Å². The summed E-state index contributed by atoms with van der Waals surface area (Å²) in [5.74, 6) is 1.12. The Hall–Kier alpha value is -1.83. The molecule has 8 heteroatoms. The van der Waals surface area contributed by atoms with Gasteiger partial charge in [0.05, 0.1) is 12.2 Å². The lowest BCUT2D eigenvalue weighted by Crippen LogP contribution is -2.44. The molecule has 0 aromatic carbocycles. The molecular formula is C18H33N5O2S. The van der Waals surface area contributed by atoms with Crippen LogP contribution in [0.5, 0.6) is 0 Å². The molecule has 0 bridgehead atoms. The quantitative estimate of drug-likeness (QED) is 0.558. The lowest BCUT2D eigenvalue weighted by molar-refractivity contribution is 0.0264. The van der Waals surface area contributed by atoms with Crippen LogP contribution in [-0.2, 0) is 11.3 Å². The van der Waals surface area contributed by atoms with Gasteiger partial charge in [-0.3, -0.25) is 4.99 Å². The third kappa shape index (κ3) is 8.03. The fourth-order valence-electron chi connectivity index (χ4n) is 2.07. The van der Waals surface area contributed by atoms with Gasteiger partial charge >= 0.3 is 6.09 Å². The van der Waals surface area contributed by atoms with E-state index in [1.54, 1.807) is 23.3 Å². The summed E-state index contributed by atoms with van der Waals surface area (Å²) in [6.45, 7) is 14.2. The number of hydrogen-bond acceptors (Lipinski definition) is 5. The molecule has 1 heterocycles. The Morgan fingerprint density at radius 3 is 2.58 bits per heavy atom. The first-order chi connectivity index (χ1) is 12.2. The molecule has 0 unspecified atom stereocenters. The number of likely N-dealkylation sites (N-methyl/N-ethyl adjacent to an activating group) is 1. The van der Waals surface area contributed by atoms with Crippen molar-refractivity contribution in [3.05, 3.63) is 16.1 Å². The predicted molar refractivity (Wildman–Crippen MR) is 108 cm³/mol. The molecule has 0 saturated carbocycles. The summed E-state index contributed by atoms with van der Waals surface area (Å²) in [4.78, 5) is 22.6. The van der Waals surface area contributed by atoms with E-state index in [-0.39, 0.29) is 6.09 Å². The first-order valence-electron chi connectivity index (χ1n) is 9.03. The van der Waals surface area contributed by atoms with Gasteiger partial charge in [0.2, 0.25) is 0 Å². The van der Waals surface area contributed by atoms with Crippen LogP contribution in [-0.4, -0.2) is 54.2 Å². The zero-order valence-corrected chi connectivity index (χ0v) is 17.9. The highest BCUT2D eigenvalue weighted by Crippen LogP contribution is 2.17. The van der Waals surface area contributed by atoms with E-state index in [1.165, 1.54) is 0 Å². The molecule has 148 valence electrons. The zero-order valence-electron chi connectivity index (χ0n) is 17.0. The van der Waals surface area contributed by atoms with Crippen molar-refractivity contribution in [2.24, 2.45) is 4.99 Å². The van der Waals surface area contributed by atoms with Crippen molar-refractivity contribution in [3.63, 3.8) is 0 Å². The van der Waals surface area contributed by atoms with Crippen LogP contribution < -0.4 is 10.6 Å². The van der Waals surface area contributed by atoms with Crippen molar-refractivity contribution in [3.8, 4) is 0 Å². The highest BCUT2D eigenvalue weighted by molar-refractivity contribution is 7.09. The second-order valence-electron chi connectivity index (χ2n) is 7.23. The smallest absolute Gasteiger partial charge is 0.410 e. The second-order valence-corrected chi connectivity index (χ2v) is 8.18. The first kappa shape index (κ1) is 22.2. The molecule has 0 saturated heterocycles. The number of guanidine groups is 1. The number of amides is 1. The highest BCUT2D eigenvalue weighted by atomic mass is 32.1. The maximum atomic E-state index is 12.1. The molecule has 0 aliphatic carbocycles. The van der Waals surface area contributed by atoms with E-state index in [2.05, 4.69) is 39.8 Å². The minimum atomic E-state index is -0.488. The monoisotopic (exact) mass is 383 g/mol. The maximum Gasteiger partial charge on any atom is 0.410 e. The number of rotatable bonds is 7. The Morgan fingerprint density at radius 2 is 2.08 bits per heavy atom. The number of ether oxygens (including phenoxy) is 1. The van der Waals surface area contributed by atoms with Gasteiger partial charge in [0, 0.05) is 32.1 Å². The van der Waals surface area contributed by atoms with Crippen molar-refractivity contribution in [1.82, 2.24) is 20.5 Å². The predicted octanol–water partition coefficient (Wildman–Crippen LogP) is 3.19. The Balaban J connectivity index is 2.42. The highest BCUT2D eigenvalue weighted by Gasteiger charge is 2.20. The summed E-state index contributed by atoms with van der Waals surface area (Å²) in [5.41, 5.74) is 0.628. The summed E-state index contributed by atoms with van der Waals surface area (Å²) in [6, 6.07) is 0. The van der Waals surface area contributed by atoms with Crippen LogP contribution in [0.25, 0.3) is 0 Å². The van der Waals surface area contributed by atoms with Crippen LogP contribution in [0.2, 0.25) is 0 Å². The summed E-state index contributed by atoms with van der Waals surface area (Å²) in [6.07, 6.45) is -0.297. The summed E-state index contributed by atoms with van der Waals surface area (Å²) >= 11 is 1.65. The van der Waals surface area contributed by atoms with Gasteiger partial charge in [0.25, 0.3) is 0 Å². The molecule has 1 aromatic heterocycles. The Bertz CT molecular complexity index is 593. The normalized spacial score (nSPS) is 12.2. The third-order valence-corrected chi connectivity index (χ3v) is 4.37. The Labute approximate surface area is 161 Å². The molecule has 0 radical (unpaired) electrons. The fraction of sp³-hybridized carbons (Fsp3) is 0.722. The van der Waals surface area contributed by atoms with E-state index < -0.39 is 5.60 Å². The van der Waals surface area contributed by atoms with Gasteiger partial charge in [0.15, 0.2) is 5.96 Å². The molecule has 2 N–H and O–H groups in total. The van der Waals surface area contributed by atoms with E-state index in [0.717, 1.165) is 10.7 Å². The number of aromatic nitrogens is 1. The van der Waals surface area contributed by atoms with Crippen molar-refractivity contribution in [2.75, 3.05) is 26.7 Å². The SMILES string of the molecule is CCN(CCNC(=NC)NCc1nc(C(C)C)cs1)C(=O)OC(C)(C)C. The van der Waals surface area contributed by atoms with Gasteiger partial charge in [0.1, 0.15) is 10.6 Å². The van der Waals surface area contributed by atoms with Crippen LogP contribution in [0.3, 0.4) is 0 Å². The number of thiazole rings is 1. The lowest BCUT2D eigenvalue weighted by atomic mass is 10.2. The molecule has 0 spiro atoms. The van der Waals surface area contributed by atoms with Crippen molar-refractivity contribution < 1.29 is 9.53 Å². The lowest BCUT2D eigenvalue weighted by Gasteiger charge is -2.26. The molecule has 0 atom stereocenters. The zero-order chi connectivity index (χ0) is 19.7. The van der Waals surface area contributed by atoms with Gasteiger partial charge < -0.3 is 20.3 Å². The first-order valence-corrected chi connectivity index (χ1v) is 9.91. The van der Waals surface area contributed by atoms with Crippen LogP contribution >= 0.6 is 11.3 Å². The van der Waals surface area contributed by atoms with Crippen LogP contribution in [0.1, 0.15) is 58.2 Å². The molecule has 0 fully saturated rings. The standard InChI is InChI=1S/C18H33N5O2S/c1-8-23(17(24)25-18(4,5)6)10-9-20-16(19-7)21-11-15-22-14(12-26-15)13(2)3/h12-13H,8-11H2,1-7H3,(H2,19,20,21). The van der Waals surface area contributed by atoms with E-state index in [0.29, 0.717) is 38.1 Å². The van der Waals surface area contributed by atoms with Gasteiger partial charge in [-0.05, 0) is 33.6 Å². The third-order valence-electron chi connectivity index (χ3n) is 3.50. The molecular weight excluding hydrogens is 350 g/mol. The van der Waals surface area contributed by atoms with Crippen LogP contribution in [0, 0.1) is 0 Å². The second kappa shape index (κ2) is 10.4. The van der Waals surface area contributed by atoms with Crippen molar-refractivity contribution in [1.29, 1.82) is 0 Å². The topological polar surface area (TPSA) is 78.9 Å². The fourth-order valence-corrected chi connectivity index (χ4v) is 2.96. The molecule has 1 amide bonds. The molecule has 1 rings (SSSR count). The average Bonchev–Trinajstić information content (AvgIpc) is 3.01. The number of aliphatic imine (C=N–C) groups is 1. The van der Waals surface area contributed by atoms with E-state index in [4.69, 9.17) is 4.74 Å². The number of nitrogens with one attached hydrogen (secondary N) is 2. The van der Waals surface area contributed by atoms with E-state index >= 15 is 0 Å². The summed E-state index contributed by atoms with van der Waals surface area (Å²) in [5, 5.41) is 9.59. The number of hydrogen-bond donors (Lipinski definition) is 2. The Morgan fingerprint density at radius 1 is 1.38 bits per heavy atom. The molecule has 7 nitrogen and oxygen atoms in total. The minimum absolute atomic E-state index is 0.297. The van der Waals surface area contributed by atoms with Gasteiger partial charge in [-0.25, -0.2) is 9.78 Å². The van der Waals surface area contributed by atoms with Crippen molar-refractivity contribution >= 4 is 23.4 Å². The largest absolute Gasteiger partial charge is 0.444 e. The number of carbonyl (C=O) groups is 1. The summed E-state index contributed by atoms with van der Waals surface area (Å²) in [7, 11) is 1.72. The number of carbonyl (C=O) groups excluding carboxylic acids is 1. The van der Waals surface area contributed by atoms with Crippen LogP contribution in [0.4, 0.5) is 4.79 Å². The van der Waals surface area contributed by atoms with Crippen molar-refractivity contribution in [2.45, 2.75) is 59.6 Å². The average molecular weight is 384 g/mol. The van der Waals surface area contributed by atoms with Crippen LogP contribution in [0.15, 0.2) is 10.4 Å². The Kier molecular flexibility index (Phi) is 8.84. The van der Waals surface area contributed by atoms with Gasteiger partial charge in [-0.1, -0.05) is 13.8 Å². The van der Waals surface area contributed by atoms with E-state index in [9.17, 15) is 4.79 Å². The molecule has 1 aromatic rings. The molecule has 0 aliphatic heterocycles.